The van der Waals surface area contributed by atoms with Crippen molar-refractivity contribution >= 4 is 0 Å². The van der Waals surface area contributed by atoms with Crippen LogP contribution in [0, 0.1) is 0 Å². The Kier molecular flexibility index (Phi) is 2.85. The Morgan fingerprint density at radius 1 is 1.21 bits per heavy atom. The van der Waals surface area contributed by atoms with Crippen LogP contribution in [0.2, 0.25) is 0 Å². The van der Waals surface area contributed by atoms with E-state index in [1.807, 2.05) is 0 Å². The van der Waals surface area contributed by atoms with Gasteiger partial charge in [0.05, 0.1) is 0 Å². The zero-order valence-corrected chi connectivity index (χ0v) is 9.84. The van der Waals surface area contributed by atoms with Gasteiger partial charge in [0.2, 0.25) is 0 Å². The number of hydrogen-bond donors (Lipinski definition) is 1. The van der Waals surface area contributed by atoms with E-state index < -0.39 is 0 Å². The molecular formula is C12H24N2. The maximum absolute atomic E-state index is 3.54. The fourth-order valence-corrected chi connectivity index (χ4v) is 3.41. The minimum absolute atomic E-state index is 0.354. The molecular weight excluding hydrogens is 172 g/mol. The van der Waals surface area contributed by atoms with Crippen LogP contribution in [-0.2, 0) is 0 Å². The van der Waals surface area contributed by atoms with Crippen LogP contribution in [0.25, 0.3) is 0 Å². The molecule has 2 heteroatoms. The van der Waals surface area contributed by atoms with Crippen LogP contribution in [0.1, 0.15) is 46.5 Å². The van der Waals surface area contributed by atoms with E-state index in [1.54, 1.807) is 0 Å². The largest absolute Gasteiger partial charge is 0.313 e. The van der Waals surface area contributed by atoms with Gasteiger partial charge in [-0.2, -0.15) is 0 Å². The van der Waals surface area contributed by atoms with Gasteiger partial charge in [0.15, 0.2) is 0 Å². The third kappa shape index (κ3) is 1.82. The highest BCUT2D eigenvalue weighted by atomic mass is 15.3. The molecule has 0 aromatic heterocycles. The molecule has 2 fully saturated rings. The third-order valence-corrected chi connectivity index (χ3v) is 3.89. The van der Waals surface area contributed by atoms with E-state index in [4.69, 9.17) is 0 Å². The molecule has 0 aromatic carbocycles. The molecule has 0 radical (unpaired) electrons. The Morgan fingerprint density at radius 2 is 1.86 bits per heavy atom. The van der Waals surface area contributed by atoms with Gasteiger partial charge in [-0.05, 0) is 33.6 Å². The average molecular weight is 196 g/mol. The highest BCUT2D eigenvalue weighted by Gasteiger charge is 2.39. The van der Waals surface area contributed by atoms with Crippen molar-refractivity contribution in [3.05, 3.63) is 0 Å². The molecule has 2 nitrogen and oxygen atoms in total. The van der Waals surface area contributed by atoms with Crippen molar-refractivity contribution < 1.29 is 0 Å². The summed E-state index contributed by atoms with van der Waals surface area (Å²) in [7, 11) is 0. The van der Waals surface area contributed by atoms with Gasteiger partial charge >= 0.3 is 0 Å². The van der Waals surface area contributed by atoms with E-state index in [9.17, 15) is 0 Å². The average Bonchev–Trinajstić information content (AvgIpc) is 2.55. The van der Waals surface area contributed by atoms with Gasteiger partial charge in [-0.25, -0.2) is 0 Å². The first-order valence-corrected chi connectivity index (χ1v) is 6.10. The maximum atomic E-state index is 3.54. The summed E-state index contributed by atoms with van der Waals surface area (Å²) in [5.74, 6) is 0. The lowest BCUT2D eigenvalue weighted by molar-refractivity contribution is 0.00616. The lowest BCUT2D eigenvalue weighted by atomic mass is 9.93. The second-order valence-electron chi connectivity index (χ2n) is 5.64. The summed E-state index contributed by atoms with van der Waals surface area (Å²) in [6.45, 7) is 9.45. The summed E-state index contributed by atoms with van der Waals surface area (Å²) in [5.41, 5.74) is 0.354. The van der Waals surface area contributed by atoms with Crippen LogP contribution in [0.4, 0.5) is 0 Å². The zero-order chi connectivity index (χ0) is 10.2. The molecule has 0 spiro atoms. The molecule has 0 amide bonds. The van der Waals surface area contributed by atoms with E-state index in [2.05, 4.69) is 31.0 Å². The Morgan fingerprint density at radius 3 is 2.43 bits per heavy atom. The standard InChI is InChI=1S/C12H24N2/c1-10-8-13-9-12(2,3)14(10)11-6-4-5-7-11/h10-11,13H,4-9H2,1-3H3. The zero-order valence-electron chi connectivity index (χ0n) is 9.84. The maximum Gasteiger partial charge on any atom is 0.0283 e. The van der Waals surface area contributed by atoms with E-state index >= 15 is 0 Å². The molecule has 1 unspecified atom stereocenters. The van der Waals surface area contributed by atoms with Crippen molar-refractivity contribution in [3.63, 3.8) is 0 Å². The summed E-state index contributed by atoms with van der Waals surface area (Å²) < 4.78 is 0. The van der Waals surface area contributed by atoms with Gasteiger partial charge in [-0.3, -0.25) is 4.90 Å². The van der Waals surface area contributed by atoms with Crippen LogP contribution in [0.15, 0.2) is 0 Å². The van der Waals surface area contributed by atoms with Gasteiger partial charge in [0.25, 0.3) is 0 Å². The highest BCUT2D eigenvalue weighted by molar-refractivity contribution is 4.97. The Hall–Kier alpha value is -0.0800. The Labute approximate surface area is 88.1 Å². The minimum Gasteiger partial charge on any atom is -0.313 e. The van der Waals surface area contributed by atoms with E-state index in [1.165, 1.54) is 32.2 Å². The molecule has 0 bridgehead atoms. The molecule has 2 rings (SSSR count). The first-order chi connectivity index (χ1) is 6.61. The van der Waals surface area contributed by atoms with Crippen molar-refractivity contribution in [2.75, 3.05) is 13.1 Å². The third-order valence-electron chi connectivity index (χ3n) is 3.89. The van der Waals surface area contributed by atoms with Gasteiger partial charge in [0, 0.05) is 30.7 Å². The summed E-state index contributed by atoms with van der Waals surface area (Å²) in [6, 6.07) is 1.57. The van der Waals surface area contributed by atoms with Crippen LogP contribution in [0.3, 0.4) is 0 Å². The molecule has 0 aromatic rings. The monoisotopic (exact) mass is 196 g/mol. The molecule has 2 aliphatic rings. The Balaban J connectivity index is 2.10. The molecule has 1 atom stereocenters. The minimum atomic E-state index is 0.354. The van der Waals surface area contributed by atoms with E-state index in [0.717, 1.165) is 12.6 Å². The van der Waals surface area contributed by atoms with Crippen molar-refractivity contribution in [3.8, 4) is 0 Å². The number of nitrogens with zero attached hydrogens (tertiary/aromatic N) is 1. The fraction of sp³-hybridized carbons (Fsp3) is 1.00. The molecule has 1 aliphatic heterocycles. The van der Waals surface area contributed by atoms with Crippen molar-refractivity contribution in [1.82, 2.24) is 10.2 Å². The van der Waals surface area contributed by atoms with Crippen molar-refractivity contribution in [1.29, 1.82) is 0 Å². The molecule has 14 heavy (non-hydrogen) atoms. The van der Waals surface area contributed by atoms with Crippen LogP contribution >= 0.6 is 0 Å². The molecule has 82 valence electrons. The lowest BCUT2D eigenvalue weighted by Crippen LogP contribution is -2.64. The number of rotatable bonds is 1. The van der Waals surface area contributed by atoms with E-state index in [-0.39, 0.29) is 0 Å². The summed E-state index contributed by atoms with van der Waals surface area (Å²) in [5, 5.41) is 3.54. The fourth-order valence-electron chi connectivity index (χ4n) is 3.41. The quantitative estimate of drug-likeness (QED) is 0.690. The Bertz CT molecular complexity index is 194. The van der Waals surface area contributed by atoms with Gasteiger partial charge in [-0.15, -0.1) is 0 Å². The van der Waals surface area contributed by atoms with Crippen LogP contribution in [0.5, 0.6) is 0 Å². The lowest BCUT2D eigenvalue weighted by Gasteiger charge is -2.50. The van der Waals surface area contributed by atoms with Gasteiger partial charge in [0.1, 0.15) is 0 Å². The molecule has 1 saturated carbocycles. The second kappa shape index (κ2) is 3.82. The summed E-state index contributed by atoms with van der Waals surface area (Å²) in [6.07, 6.45) is 5.73. The smallest absolute Gasteiger partial charge is 0.0283 e. The van der Waals surface area contributed by atoms with Crippen LogP contribution < -0.4 is 5.32 Å². The van der Waals surface area contributed by atoms with Gasteiger partial charge in [-0.1, -0.05) is 12.8 Å². The number of piperazine rings is 1. The first kappa shape index (κ1) is 10.4. The van der Waals surface area contributed by atoms with Crippen molar-refractivity contribution in [2.24, 2.45) is 0 Å². The van der Waals surface area contributed by atoms with Gasteiger partial charge < -0.3 is 5.32 Å². The van der Waals surface area contributed by atoms with E-state index in [0.29, 0.717) is 11.6 Å². The predicted molar refractivity (Wildman–Crippen MR) is 60.5 cm³/mol. The molecule has 1 saturated heterocycles. The molecule has 1 heterocycles. The highest BCUT2D eigenvalue weighted by Crippen LogP contribution is 2.32. The molecule has 1 N–H and O–H groups in total. The second-order valence-corrected chi connectivity index (χ2v) is 5.64. The first-order valence-electron chi connectivity index (χ1n) is 6.10. The SMILES string of the molecule is CC1CNCC(C)(C)N1C1CCCC1. The predicted octanol–water partition coefficient (Wildman–Crippen LogP) is 2.00. The normalized spacial score (nSPS) is 34.9. The molecule has 1 aliphatic carbocycles. The summed E-state index contributed by atoms with van der Waals surface area (Å²) in [4.78, 5) is 2.77. The number of hydrogen-bond acceptors (Lipinski definition) is 2. The van der Waals surface area contributed by atoms with Crippen LogP contribution in [-0.4, -0.2) is 35.6 Å². The topological polar surface area (TPSA) is 15.3 Å². The number of nitrogens with one attached hydrogen (secondary N) is 1. The van der Waals surface area contributed by atoms with Crippen molar-refractivity contribution in [2.45, 2.75) is 64.1 Å². The summed E-state index contributed by atoms with van der Waals surface area (Å²) >= 11 is 0.